The zero-order valence-electron chi connectivity index (χ0n) is 10.9. The first-order valence-corrected chi connectivity index (χ1v) is 5.87. The van der Waals surface area contributed by atoms with Gasteiger partial charge in [0, 0.05) is 18.9 Å². The molecule has 4 heteroatoms. The Labute approximate surface area is 103 Å². The Morgan fingerprint density at radius 1 is 1.53 bits per heavy atom. The van der Waals surface area contributed by atoms with Crippen LogP contribution in [0.3, 0.4) is 0 Å². The smallest absolute Gasteiger partial charge is 0.160 e. The van der Waals surface area contributed by atoms with E-state index in [2.05, 4.69) is 30.4 Å². The zero-order valence-corrected chi connectivity index (χ0v) is 10.9. The van der Waals surface area contributed by atoms with Crippen molar-refractivity contribution in [2.24, 2.45) is 5.73 Å². The average Bonchev–Trinajstić information content (AvgIpc) is 2.28. The Bertz CT molecular complexity index is 388. The van der Waals surface area contributed by atoms with Crippen molar-refractivity contribution in [3.8, 4) is 5.75 Å². The Hall–Kier alpha value is -1.42. The molecule has 0 saturated carbocycles. The summed E-state index contributed by atoms with van der Waals surface area (Å²) in [7, 11) is 0. The Morgan fingerprint density at radius 2 is 2.24 bits per heavy atom. The largest absolute Gasteiger partial charge is 0.490 e. The third kappa shape index (κ3) is 4.15. The lowest BCUT2D eigenvalue weighted by Crippen LogP contribution is -2.09. The molecule has 1 rings (SSSR count). The zero-order chi connectivity index (χ0) is 12.8. The number of hydrogen-bond donors (Lipinski definition) is 1. The maximum atomic E-state index is 5.66. The van der Waals surface area contributed by atoms with E-state index in [9.17, 15) is 0 Å². The highest BCUT2D eigenvalue weighted by atomic mass is 16.5. The van der Waals surface area contributed by atoms with Crippen LogP contribution in [0.4, 0.5) is 0 Å². The van der Waals surface area contributed by atoms with Crippen molar-refractivity contribution in [2.75, 3.05) is 6.61 Å². The van der Waals surface area contributed by atoms with Crippen LogP contribution in [-0.4, -0.2) is 16.6 Å². The van der Waals surface area contributed by atoms with Gasteiger partial charge in [0.25, 0.3) is 0 Å². The van der Waals surface area contributed by atoms with E-state index >= 15 is 0 Å². The second kappa shape index (κ2) is 6.35. The lowest BCUT2D eigenvalue weighted by atomic mass is 10.2. The number of ether oxygens (including phenoxy) is 1. The molecule has 2 N–H and O–H groups in total. The van der Waals surface area contributed by atoms with Crippen molar-refractivity contribution in [1.29, 1.82) is 0 Å². The summed E-state index contributed by atoms with van der Waals surface area (Å²) >= 11 is 0. The van der Waals surface area contributed by atoms with E-state index in [0.717, 1.165) is 23.5 Å². The van der Waals surface area contributed by atoms with Gasteiger partial charge in [-0.2, -0.15) is 0 Å². The molecule has 0 saturated heterocycles. The van der Waals surface area contributed by atoms with Gasteiger partial charge in [0.1, 0.15) is 5.82 Å². The van der Waals surface area contributed by atoms with E-state index in [-0.39, 0.29) is 0 Å². The summed E-state index contributed by atoms with van der Waals surface area (Å²) < 4.78 is 5.61. The molecular formula is C13H21N3O. The average molecular weight is 235 g/mol. The summed E-state index contributed by atoms with van der Waals surface area (Å²) in [5.74, 6) is 1.78. The second-order valence-electron chi connectivity index (χ2n) is 4.45. The third-order valence-electron chi connectivity index (χ3n) is 2.34. The Morgan fingerprint density at radius 3 is 2.76 bits per heavy atom. The molecule has 0 radical (unpaired) electrons. The van der Waals surface area contributed by atoms with Crippen molar-refractivity contribution in [1.82, 2.24) is 9.97 Å². The summed E-state index contributed by atoms with van der Waals surface area (Å²) in [6, 6.07) is 0. The van der Waals surface area contributed by atoms with Crippen LogP contribution in [-0.2, 0) is 6.54 Å². The predicted octanol–water partition coefficient (Wildman–Crippen LogP) is 2.40. The molecule has 4 nitrogen and oxygen atoms in total. The van der Waals surface area contributed by atoms with Gasteiger partial charge in [0.2, 0.25) is 0 Å². The Balaban J connectivity index is 2.74. The van der Waals surface area contributed by atoms with Crippen LogP contribution in [0.5, 0.6) is 5.75 Å². The molecule has 1 aromatic rings. The van der Waals surface area contributed by atoms with Crippen molar-refractivity contribution < 1.29 is 4.74 Å². The molecule has 0 unspecified atom stereocenters. The van der Waals surface area contributed by atoms with Gasteiger partial charge in [-0.3, -0.25) is 0 Å². The fraction of sp³-hybridized carbons (Fsp3) is 0.538. The topological polar surface area (TPSA) is 61.0 Å². The van der Waals surface area contributed by atoms with Crippen LogP contribution in [0.2, 0.25) is 0 Å². The van der Waals surface area contributed by atoms with Gasteiger partial charge in [-0.05, 0) is 6.92 Å². The van der Waals surface area contributed by atoms with Crippen LogP contribution >= 0.6 is 0 Å². The first-order valence-electron chi connectivity index (χ1n) is 5.87. The van der Waals surface area contributed by atoms with E-state index in [1.165, 1.54) is 0 Å². The minimum Gasteiger partial charge on any atom is -0.490 e. The van der Waals surface area contributed by atoms with Gasteiger partial charge in [-0.15, -0.1) is 6.58 Å². The second-order valence-corrected chi connectivity index (χ2v) is 4.45. The molecule has 0 amide bonds. The summed E-state index contributed by atoms with van der Waals surface area (Å²) in [5.41, 5.74) is 7.53. The lowest BCUT2D eigenvalue weighted by molar-refractivity contribution is 0.314. The molecule has 0 aliphatic rings. The molecule has 94 valence electrons. The van der Waals surface area contributed by atoms with Gasteiger partial charge >= 0.3 is 0 Å². The van der Waals surface area contributed by atoms with Crippen LogP contribution in [0.1, 0.15) is 44.6 Å². The summed E-state index contributed by atoms with van der Waals surface area (Å²) in [6.07, 6.45) is 2.54. The molecule has 1 aromatic heterocycles. The molecule has 0 aromatic carbocycles. The van der Waals surface area contributed by atoms with E-state index in [0.29, 0.717) is 24.8 Å². The monoisotopic (exact) mass is 235 g/mol. The highest BCUT2D eigenvalue weighted by Crippen LogP contribution is 2.18. The van der Waals surface area contributed by atoms with E-state index in [1.807, 2.05) is 6.92 Å². The van der Waals surface area contributed by atoms with Crippen LogP contribution in [0, 0.1) is 0 Å². The molecule has 1 heterocycles. The molecule has 0 aliphatic carbocycles. The molecule has 0 atom stereocenters. The van der Waals surface area contributed by atoms with Gasteiger partial charge in [0.05, 0.1) is 18.5 Å². The maximum absolute atomic E-state index is 5.66. The van der Waals surface area contributed by atoms with E-state index in [1.54, 1.807) is 6.20 Å². The Kier molecular flexibility index (Phi) is 5.10. The van der Waals surface area contributed by atoms with E-state index < -0.39 is 0 Å². The van der Waals surface area contributed by atoms with Crippen molar-refractivity contribution in [2.45, 2.75) is 39.7 Å². The molecule has 0 bridgehead atoms. The van der Waals surface area contributed by atoms with Crippen molar-refractivity contribution >= 4 is 0 Å². The summed E-state index contributed by atoms with van der Waals surface area (Å²) in [6.45, 7) is 10.9. The van der Waals surface area contributed by atoms with Crippen LogP contribution < -0.4 is 10.5 Å². The van der Waals surface area contributed by atoms with Gasteiger partial charge in [-0.25, -0.2) is 9.97 Å². The van der Waals surface area contributed by atoms with Crippen LogP contribution in [0.25, 0.3) is 0 Å². The molecular weight excluding hydrogens is 214 g/mol. The summed E-state index contributed by atoms with van der Waals surface area (Å²) in [4.78, 5) is 8.68. The highest BCUT2D eigenvalue weighted by molar-refractivity contribution is 5.25. The molecule has 0 fully saturated rings. The summed E-state index contributed by atoms with van der Waals surface area (Å²) in [5, 5.41) is 0. The number of nitrogens with two attached hydrogens (primary N) is 1. The van der Waals surface area contributed by atoms with E-state index in [4.69, 9.17) is 10.5 Å². The van der Waals surface area contributed by atoms with Crippen molar-refractivity contribution in [3.05, 3.63) is 29.9 Å². The molecule has 0 aliphatic heterocycles. The minimum absolute atomic E-state index is 0.296. The van der Waals surface area contributed by atoms with Gasteiger partial charge in [-0.1, -0.05) is 19.4 Å². The number of nitrogens with zero attached hydrogens (tertiary/aromatic N) is 2. The van der Waals surface area contributed by atoms with Crippen LogP contribution in [0.15, 0.2) is 18.3 Å². The van der Waals surface area contributed by atoms with Crippen molar-refractivity contribution in [3.63, 3.8) is 0 Å². The number of aromatic nitrogens is 2. The first kappa shape index (κ1) is 13.6. The number of rotatable bonds is 6. The number of hydrogen-bond acceptors (Lipinski definition) is 4. The normalized spacial score (nSPS) is 10.6. The fourth-order valence-corrected chi connectivity index (χ4v) is 1.30. The highest BCUT2D eigenvalue weighted by Gasteiger charge is 2.09. The quantitative estimate of drug-likeness (QED) is 0.769. The SMILES string of the molecule is C=C(C)CCOc1cnc(C(C)C)nc1CN. The molecule has 0 spiro atoms. The first-order chi connectivity index (χ1) is 8.04. The van der Waals surface area contributed by atoms with Gasteiger partial charge in [0.15, 0.2) is 5.75 Å². The molecule has 17 heavy (non-hydrogen) atoms. The maximum Gasteiger partial charge on any atom is 0.160 e. The standard InChI is InChI=1S/C13H21N3O/c1-9(2)5-6-17-12-8-15-13(10(3)4)16-11(12)7-14/h8,10H,1,5-7,14H2,2-4H3. The van der Waals surface area contributed by atoms with Gasteiger partial charge < -0.3 is 10.5 Å². The lowest BCUT2D eigenvalue weighted by Gasteiger charge is -2.11. The fourth-order valence-electron chi connectivity index (χ4n) is 1.30. The minimum atomic E-state index is 0.296. The predicted molar refractivity (Wildman–Crippen MR) is 68.9 cm³/mol. The third-order valence-corrected chi connectivity index (χ3v) is 2.34.